The maximum atomic E-state index is 6.19. The zero-order chi connectivity index (χ0) is 10.4. The fourth-order valence-electron chi connectivity index (χ4n) is 2.10. The van der Waals surface area contributed by atoms with E-state index >= 15 is 0 Å². The summed E-state index contributed by atoms with van der Waals surface area (Å²) in [4.78, 5) is 0.137. The topological polar surface area (TPSA) is 0 Å². The number of hydrogen-bond acceptors (Lipinski definition) is 0. The fraction of sp³-hybridized carbons (Fsp3) is 0.0769. The lowest BCUT2D eigenvalue weighted by Crippen LogP contribution is -1.98. The standard InChI is InChI=1S/C13H8BrCl/c14-13-10-6-2-4-8-3-1-5-9(12(8)10)7-11(13)15/h1-7,13H. The molecular weight excluding hydrogens is 271 g/mol. The van der Waals surface area contributed by atoms with Gasteiger partial charge in [-0.1, -0.05) is 63.9 Å². The molecule has 0 saturated carbocycles. The number of halogens is 2. The molecule has 0 fully saturated rings. The van der Waals surface area contributed by atoms with E-state index in [-0.39, 0.29) is 4.83 Å². The predicted octanol–water partition coefficient (Wildman–Crippen LogP) is 4.87. The monoisotopic (exact) mass is 278 g/mol. The highest BCUT2D eigenvalue weighted by molar-refractivity contribution is 9.09. The molecule has 0 spiro atoms. The minimum atomic E-state index is 0.137. The Morgan fingerprint density at radius 2 is 1.80 bits per heavy atom. The van der Waals surface area contributed by atoms with E-state index in [2.05, 4.69) is 52.3 Å². The van der Waals surface area contributed by atoms with E-state index in [0.717, 1.165) is 5.03 Å². The van der Waals surface area contributed by atoms with Gasteiger partial charge >= 0.3 is 0 Å². The zero-order valence-electron chi connectivity index (χ0n) is 7.87. The quantitative estimate of drug-likeness (QED) is 0.604. The molecule has 2 heteroatoms. The van der Waals surface area contributed by atoms with Gasteiger partial charge in [0, 0.05) is 5.03 Å². The fourth-order valence-corrected chi connectivity index (χ4v) is 2.85. The molecule has 74 valence electrons. The van der Waals surface area contributed by atoms with Crippen LogP contribution < -0.4 is 0 Å². The van der Waals surface area contributed by atoms with Crippen LogP contribution in [0.4, 0.5) is 0 Å². The molecule has 1 atom stereocenters. The van der Waals surface area contributed by atoms with E-state index in [1.165, 1.54) is 21.9 Å². The van der Waals surface area contributed by atoms with Gasteiger partial charge in [-0.05, 0) is 28.0 Å². The maximum Gasteiger partial charge on any atom is 0.0758 e. The van der Waals surface area contributed by atoms with Crippen molar-refractivity contribution in [1.29, 1.82) is 0 Å². The van der Waals surface area contributed by atoms with Crippen LogP contribution in [0.3, 0.4) is 0 Å². The largest absolute Gasteiger partial charge is 0.0875 e. The minimum Gasteiger partial charge on any atom is -0.0875 e. The van der Waals surface area contributed by atoms with E-state index in [1.807, 2.05) is 6.08 Å². The van der Waals surface area contributed by atoms with Gasteiger partial charge in [-0.15, -0.1) is 0 Å². The number of benzene rings is 2. The van der Waals surface area contributed by atoms with Crippen molar-refractivity contribution < 1.29 is 0 Å². The van der Waals surface area contributed by atoms with Gasteiger partial charge < -0.3 is 0 Å². The smallest absolute Gasteiger partial charge is 0.0758 e. The summed E-state index contributed by atoms with van der Waals surface area (Å²) in [7, 11) is 0. The second-order valence-corrected chi connectivity index (χ2v) is 5.04. The third kappa shape index (κ3) is 1.34. The van der Waals surface area contributed by atoms with Crippen LogP contribution in [-0.2, 0) is 0 Å². The molecular formula is C13H8BrCl. The average Bonchev–Trinajstić information content (AvgIpc) is 2.26. The van der Waals surface area contributed by atoms with Crippen molar-refractivity contribution in [3.8, 4) is 0 Å². The SMILES string of the molecule is ClC1=Cc2cccc3cccc(c23)C1Br. The van der Waals surface area contributed by atoms with Crippen LogP contribution in [0.1, 0.15) is 16.0 Å². The summed E-state index contributed by atoms with van der Waals surface area (Å²) in [6, 6.07) is 12.6. The first-order chi connectivity index (χ1) is 7.27. The van der Waals surface area contributed by atoms with E-state index in [1.54, 1.807) is 0 Å². The summed E-state index contributed by atoms with van der Waals surface area (Å²) >= 11 is 9.81. The third-order valence-electron chi connectivity index (χ3n) is 2.78. The first-order valence-corrected chi connectivity index (χ1v) is 6.09. The van der Waals surface area contributed by atoms with E-state index in [4.69, 9.17) is 11.6 Å². The highest BCUT2D eigenvalue weighted by Crippen LogP contribution is 2.43. The summed E-state index contributed by atoms with van der Waals surface area (Å²) in [5, 5.41) is 3.43. The highest BCUT2D eigenvalue weighted by atomic mass is 79.9. The summed E-state index contributed by atoms with van der Waals surface area (Å²) < 4.78 is 0. The van der Waals surface area contributed by atoms with Crippen LogP contribution in [0.25, 0.3) is 16.8 Å². The van der Waals surface area contributed by atoms with Gasteiger partial charge in [0.1, 0.15) is 0 Å². The van der Waals surface area contributed by atoms with Crippen molar-refractivity contribution in [3.05, 3.63) is 52.6 Å². The Balaban J connectivity index is 2.49. The Labute approximate surface area is 102 Å². The van der Waals surface area contributed by atoms with Crippen LogP contribution >= 0.6 is 27.5 Å². The van der Waals surface area contributed by atoms with Crippen molar-refractivity contribution >= 4 is 44.4 Å². The molecule has 3 rings (SSSR count). The summed E-state index contributed by atoms with van der Waals surface area (Å²) in [5.41, 5.74) is 2.47. The molecule has 2 aromatic carbocycles. The molecule has 0 aliphatic heterocycles. The minimum absolute atomic E-state index is 0.137. The molecule has 0 bridgehead atoms. The molecule has 0 heterocycles. The Kier molecular flexibility index (Phi) is 2.11. The first kappa shape index (κ1) is 9.44. The Morgan fingerprint density at radius 1 is 1.07 bits per heavy atom. The van der Waals surface area contributed by atoms with Gasteiger partial charge in [-0.3, -0.25) is 0 Å². The predicted molar refractivity (Wildman–Crippen MR) is 69.4 cm³/mol. The van der Waals surface area contributed by atoms with Crippen molar-refractivity contribution in [2.45, 2.75) is 4.83 Å². The normalized spacial score (nSPS) is 19.1. The third-order valence-corrected chi connectivity index (χ3v) is 4.36. The second-order valence-electron chi connectivity index (χ2n) is 3.68. The van der Waals surface area contributed by atoms with Gasteiger partial charge in [0.25, 0.3) is 0 Å². The summed E-state index contributed by atoms with van der Waals surface area (Å²) in [5.74, 6) is 0. The molecule has 15 heavy (non-hydrogen) atoms. The number of hydrogen-bond donors (Lipinski definition) is 0. The molecule has 0 saturated heterocycles. The van der Waals surface area contributed by atoms with Crippen molar-refractivity contribution in [3.63, 3.8) is 0 Å². The molecule has 0 aromatic heterocycles. The lowest BCUT2D eigenvalue weighted by molar-refractivity contribution is 1.25. The summed E-state index contributed by atoms with van der Waals surface area (Å²) in [6.07, 6.45) is 2.04. The number of rotatable bonds is 0. The van der Waals surface area contributed by atoms with Gasteiger partial charge in [0.15, 0.2) is 0 Å². The molecule has 1 unspecified atom stereocenters. The first-order valence-electron chi connectivity index (χ1n) is 4.80. The Hall–Kier alpha value is -0.790. The van der Waals surface area contributed by atoms with Gasteiger partial charge in [-0.2, -0.15) is 0 Å². The second kappa shape index (κ2) is 3.36. The van der Waals surface area contributed by atoms with Gasteiger partial charge in [0.2, 0.25) is 0 Å². The van der Waals surface area contributed by atoms with Gasteiger partial charge in [0.05, 0.1) is 4.83 Å². The van der Waals surface area contributed by atoms with Gasteiger partial charge in [-0.25, -0.2) is 0 Å². The van der Waals surface area contributed by atoms with Crippen LogP contribution in [0.2, 0.25) is 0 Å². The summed E-state index contributed by atoms with van der Waals surface area (Å²) in [6.45, 7) is 0. The maximum absolute atomic E-state index is 6.19. The van der Waals surface area contributed by atoms with E-state index in [9.17, 15) is 0 Å². The lowest BCUT2D eigenvalue weighted by Gasteiger charge is -2.19. The molecule has 2 aromatic rings. The highest BCUT2D eigenvalue weighted by Gasteiger charge is 2.20. The van der Waals surface area contributed by atoms with Crippen LogP contribution in [0.15, 0.2) is 41.4 Å². The number of alkyl halides is 1. The average molecular weight is 280 g/mol. The van der Waals surface area contributed by atoms with Crippen LogP contribution in [-0.4, -0.2) is 0 Å². The van der Waals surface area contributed by atoms with Crippen molar-refractivity contribution in [2.24, 2.45) is 0 Å². The molecule has 0 N–H and O–H groups in total. The number of allylic oxidation sites excluding steroid dienone is 1. The van der Waals surface area contributed by atoms with Crippen LogP contribution in [0.5, 0.6) is 0 Å². The molecule has 0 amide bonds. The zero-order valence-corrected chi connectivity index (χ0v) is 10.2. The van der Waals surface area contributed by atoms with Crippen LogP contribution in [0, 0.1) is 0 Å². The van der Waals surface area contributed by atoms with E-state index in [0.29, 0.717) is 0 Å². The lowest BCUT2D eigenvalue weighted by atomic mass is 9.93. The molecule has 1 aliphatic carbocycles. The molecule has 0 radical (unpaired) electrons. The van der Waals surface area contributed by atoms with Crippen molar-refractivity contribution in [2.75, 3.05) is 0 Å². The molecule has 0 nitrogen and oxygen atoms in total. The van der Waals surface area contributed by atoms with Crippen molar-refractivity contribution in [1.82, 2.24) is 0 Å². The van der Waals surface area contributed by atoms with E-state index < -0.39 is 0 Å². The Morgan fingerprint density at radius 3 is 2.60 bits per heavy atom. The Bertz CT molecular complexity index is 567. The molecule has 1 aliphatic rings.